The Labute approximate surface area is 184 Å². The van der Waals surface area contributed by atoms with Crippen molar-refractivity contribution in [1.29, 1.82) is 0 Å². The Hall–Kier alpha value is -2.09. The molecule has 1 saturated heterocycles. The molecule has 0 unspecified atom stereocenters. The zero-order chi connectivity index (χ0) is 19.1. The van der Waals surface area contributed by atoms with Gasteiger partial charge in [0.25, 0.3) is 0 Å². The second-order valence-corrected chi connectivity index (χ2v) is 6.98. The minimum atomic E-state index is 0. The van der Waals surface area contributed by atoms with Gasteiger partial charge >= 0.3 is 0 Å². The molecular formula is C22H29IN4O. The molecule has 1 amide bonds. The molecule has 5 nitrogen and oxygen atoms in total. The Morgan fingerprint density at radius 1 is 1.11 bits per heavy atom. The Morgan fingerprint density at radius 2 is 1.82 bits per heavy atom. The molecule has 0 aromatic heterocycles. The summed E-state index contributed by atoms with van der Waals surface area (Å²) in [6.07, 6.45) is 1.66. The van der Waals surface area contributed by atoms with Crippen LogP contribution < -0.4 is 5.32 Å². The summed E-state index contributed by atoms with van der Waals surface area (Å²) in [4.78, 5) is 20.3. The highest BCUT2D eigenvalue weighted by molar-refractivity contribution is 14.0. The van der Waals surface area contributed by atoms with E-state index in [2.05, 4.69) is 63.7 Å². The van der Waals surface area contributed by atoms with Gasteiger partial charge in [-0.05, 0) is 23.1 Å². The Kier molecular flexibility index (Phi) is 8.76. The van der Waals surface area contributed by atoms with Gasteiger partial charge in [-0.25, -0.2) is 0 Å². The van der Waals surface area contributed by atoms with Gasteiger partial charge in [0, 0.05) is 46.7 Å². The lowest BCUT2D eigenvalue weighted by Gasteiger charge is -2.22. The monoisotopic (exact) mass is 492 g/mol. The van der Waals surface area contributed by atoms with E-state index in [9.17, 15) is 4.79 Å². The number of carbonyl (C=O) groups is 1. The number of halogens is 1. The van der Waals surface area contributed by atoms with Crippen LogP contribution in [-0.2, 0) is 24.4 Å². The van der Waals surface area contributed by atoms with E-state index < -0.39 is 0 Å². The van der Waals surface area contributed by atoms with Gasteiger partial charge in [-0.3, -0.25) is 9.79 Å². The van der Waals surface area contributed by atoms with E-state index in [1.165, 1.54) is 16.7 Å². The van der Waals surface area contributed by atoms with Crippen molar-refractivity contribution in [3.63, 3.8) is 0 Å². The number of guanidine groups is 1. The lowest BCUT2D eigenvalue weighted by atomic mass is 10.1. The first-order chi connectivity index (χ1) is 13.2. The van der Waals surface area contributed by atoms with Gasteiger partial charge in [0.15, 0.2) is 5.96 Å². The number of aliphatic imine (C=N–C) groups is 1. The van der Waals surface area contributed by atoms with E-state index >= 15 is 0 Å². The molecule has 0 bridgehead atoms. The molecule has 6 heteroatoms. The van der Waals surface area contributed by atoms with Gasteiger partial charge in [-0.2, -0.15) is 0 Å². The lowest BCUT2D eigenvalue weighted by molar-refractivity contribution is -0.128. The second kappa shape index (κ2) is 11.0. The first kappa shape index (κ1) is 22.2. The molecule has 28 heavy (non-hydrogen) atoms. The third-order valence-electron chi connectivity index (χ3n) is 4.82. The standard InChI is InChI=1S/C22H28N4O.HI/c1-23-22(25(2)16-18-8-4-3-5-9-18)24-15-19-10-6-11-20(14-19)17-26-13-7-12-21(26)27;/h3-6,8-11,14H,7,12-13,15-17H2,1-2H3,(H,23,24);1H. The summed E-state index contributed by atoms with van der Waals surface area (Å²) in [7, 11) is 3.84. The van der Waals surface area contributed by atoms with Crippen molar-refractivity contribution >= 4 is 35.8 Å². The predicted molar refractivity (Wildman–Crippen MR) is 125 cm³/mol. The molecule has 0 radical (unpaired) electrons. The summed E-state index contributed by atoms with van der Waals surface area (Å²) in [5.74, 6) is 1.13. The fourth-order valence-electron chi connectivity index (χ4n) is 3.43. The number of benzene rings is 2. The lowest BCUT2D eigenvalue weighted by Crippen LogP contribution is -2.38. The van der Waals surface area contributed by atoms with E-state index in [0.29, 0.717) is 19.5 Å². The highest BCUT2D eigenvalue weighted by atomic mass is 127. The quantitative estimate of drug-likeness (QED) is 0.381. The topological polar surface area (TPSA) is 47.9 Å². The summed E-state index contributed by atoms with van der Waals surface area (Å²) in [6.45, 7) is 3.08. The minimum Gasteiger partial charge on any atom is -0.352 e. The Balaban J connectivity index is 0.00000280. The average molecular weight is 492 g/mol. The van der Waals surface area contributed by atoms with Gasteiger partial charge in [0.05, 0.1) is 0 Å². The van der Waals surface area contributed by atoms with Crippen LogP contribution in [0.5, 0.6) is 0 Å². The molecular weight excluding hydrogens is 463 g/mol. The maximum absolute atomic E-state index is 11.8. The largest absolute Gasteiger partial charge is 0.352 e. The van der Waals surface area contributed by atoms with Gasteiger partial charge in [-0.1, -0.05) is 54.6 Å². The zero-order valence-corrected chi connectivity index (χ0v) is 18.9. The maximum Gasteiger partial charge on any atom is 0.222 e. The molecule has 1 fully saturated rings. The van der Waals surface area contributed by atoms with Crippen molar-refractivity contribution in [2.75, 3.05) is 20.6 Å². The SMILES string of the molecule is CN=C(NCc1cccc(CN2CCCC2=O)c1)N(C)Cc1ccccc1.I. The van der Waals surface area contributed by atoms with Gasteiger partial charge in [-0.15, -0.1) is 24.0 Å². The van der Waals surface area contributed by atoms with Crippen molar-refractivity contribution in [3.05, 3.63) is 71.3 Å². The molecule has 3 rings (SSSR count). The van der Waals surface area contributed by atoms with Crippen LogP contribution in [0.3, 0.4) is 0 Å². The third kappa shape index (κ3) is 6.22. The van der Waals surface area contributed by atoms with E-state index in [-0.39, 0.29) is 29.9 Å². The summed E-state index contributed by atoms with van der Waals surface area (Å²) < 4.78 is 0. The summed E-state index contributed by atoms with van der Waals surface area (Å²) in [6, 6.07) is 18.8. The zero-order valence-electron chi connectivity index (χ0n) is 16.6. The highest BCUT2D eigenvalue weighted by Crippen LogP contribution is 2.15. The number of nitrogens with one attached hydrogen (secondary N) is 1. The van der Waals surface area contributed by atoms with Crippen LogP contribution in [0.25, 0.3) is 0 Å². The molecule has 150 valence electrons. The van der Waals surface area contributed by atoms with Crippen molar-refractivity contribution in [1.82, 2.24) is 15.1 Å². The number of amides is 1. The second-order valence-electron chi connectivity index (χ2n) is 6.98. The first-order valence-electron chi connectivity index (χ1n) is 9.47. The van der Waals surface area contributed by atoms with Crippen molar-refractivity contribution in [3.8, 4) is 0 Å². The molecule has 0 saturated carbocycles. The number of rotatable bonds is 6. The smallest absolute Gasteiger partial charge is 0.222 e. The highest BCUT2D eigenvalue weighted by Gasteiger charge is 2.19. The van der Waals surface area contributed by atoms with E-state index in [1.807, 2.05) is 18.0 Å². The molecule has 1 aliphatic heterocycles. The fraction of sp³-hybridized carbons (Fsp3) is 0.364. The first-order valence-corrected chi connectivity index (χ1v) is 9.47. The fourth-order valence-corrected chi connectivity index (χ4v) is 3.43. The predicted octanol–water partition coefficient (Wildman–Crippen LogP) is 3.63. The molecule has 2 aromatic carbocycles. The van der Waals surface area contributed by atoms with Gasteiger partial charge in [0.1, 0.15) is 0 Å². The molecule has 1 N–H and O–H groups in total. The maximum atomic E-state index is 11.8. The molecule has 0 spiro atoms. The Bertz CT molecular complexity index is 794. The number of nitrogens with zero attached hydrogens (tertiary/aromatic N) is 3. The Morgan fingerprint density at radius 3 is 2.50 bits per heavy atom. The number of hydrogen-bond acceptors (Lipinski definition) is 2. The molecule has 0 aliphatic carbocycles. The van der Waals surface area contributed by atoms with Gasteiger partial charge < -0.3 is 15.1 Å². The number of hydrogen-bond donors (Lipinski definition) is 1. The van der Waals surface area contributed by atoms with Crippen molar-refractivity contribution in [2.45, 2.75) is 32.5 Å². The van der Waals surface area contributed by atoms with Crippen LogP contribution in [0, 0.1) is 0 Å². The van der Waals surface area contributed by atoms with Crippen molar-refractivity contribution in [2.24, 2.45) is 4.99 Å². The number of carbonyl (C=O) groups excluding carboxylic acids is 1. The molecule has 1 heterocycles. The molecule has 0 atom stereocenters. The van der Waals surface area contributed by atoms with Gasteiger partial charge in [0.2, 0.25) is 5.91 Å². The van der Waals surface area contributed by atoms with E-state index in [0.717, 1.165) is 25.5 Å². The van der Waals surface area contributed by atoms with Crippen LogP contribution in [-0.4, -0.2) is 42.3 Å². The van der Waals surface area contributed by atoms with Crippen LogP contribution in [0.15, 0.2) is 59.6 Å². The summed E-state index contributed by atoms with van der Waals surface area (Å²) in [5.41, 5.74) is 3.62. The molecule has 1 aliphatic rings. The summed E-state index contributed by atoms with van der Waals surface area (Å²) in [5, 5.41) is 3.43. The molecule has 2 aromatic rings. The van der Waals surface area contributed by atoms with E-state index in [4.69, 9.17) is 0 Å². The minimum absolute atomic E-state index is 0. The van der Waals surface area contributed by atoms with Crippen LogP contribution >= 0.6 is 24.0 Å². The number of likely N-dealkylation sites (tertiary alicyclic amines) is 1. The van der Waals surface area contributed by atoms with Crippen LogP contribution in [0.1, 0.15) is 29.5 Å². The van der Waals surface area contributed by atoms with E-state index in [1.54, 1.807) is 7.05 Å². The van der Waals surface area contributed by atoms with Crippen LogP contribution in [0.4, 0.5) is 0 Å². The van der Waals surface area contributed by atoms with Crippen LogP contribution in [0.2, 0.25) is 0 Å². The van der Waals surface area contributed by atoms with Crippen molar-refractivity contribution < 1.29 is 4.79 Å². The third-order valence-corrected chi connectivity index (χ3v) is 4.82. The normalized spacial score (nSPS) is 14.0. The average Bonchev–Trinajstić information content (AvgIpc) is 3.08. The summed E-state index contributed by atoms with van der Waals surface area (Å²) >= 11 is 0.